The number of rotatable bonds is 4. The molecule has 3 rings (SSSR count). The van der Waals surface area contributed by atoms with Crippen molar-refractivity contribution in [1.29, 1.82) is 0 Å². The lowest BCUT2D eigenvalue weighted by molar-refractivity contribution is 0.0941. The molecule has 2 aromatic heterocycles. The zero-order valence-corrected chi connectivity index (χ0v) is 11.5. The van der Waals surface area contributed by atoms with E-state index in [4.69, 9.17) is 5.73 Å². The highest BCUT2D eigenvalue weighted by Gasteiger charge is 2.27. The maximum absolute atomic E-state index is 12.2. The van der Waals surface area contributed by atoms with Crippen molar-refractivity contribution in [3.8, 4) is 0 Å². The van der Waals surface area contributed by atoms with E-state index in [1.165, 1.54) is 0 Å². The Morgan fingerprint density at radius 1 is 1.63 bits per heavy atom. The minimum Gasteiger partial charge on any atom is -0.397 e. The average Bonchev–Trinajstić information content (AvgIpc) is 3.03. The molecule has 1 fully saturated rings. The van der Waals surface area contributed by atoms with Crippen LogP contribution in [0.3, 0.4) is 0 Å². The van der Waals surface area contributed by atoms with Crippen molar-refractivity contribution < 1.29 is 4.79 Å². The highest BCUT2D eigenvalue weighted by atomic mass is 32.1. The van der Waals surface area contributed by atoms with Crippen LogP contribution in [0.1, 0.15) is 40.1 Å². The maximum atomic E-state index is 12.2. The van der Waals surface area contributed by atoms with E-state index in [9.17, 15) is 4.79 Å². The normalized spacial score (nSPS) is 14.6. The topological polar surface area (TPSA) is 72.9 Å². The summed E-state index contributed by atoms with van der Waals surface area (Å²) in [6.07, 6.45) is 4.10. The van der Waals surface area contributed by atoms with Gasteiger partial charge in [0, 0.05) is 17.6 Å². The third kappa shape index (κ3) is 2.63. The van der Waals surface area contributed by atoms with Gasteiger partial charge in [-0.25, -0.2) is 4.98 Å². The van der Waals surface area contributed by atoms with Crippen molar-refractivity contribution in [2.45, 2.75) is 32.4 Å². The number of nitrogens with zero attached hydrogens (tertiary/aromatic N) is 2. The van der Waals surface area contributed by atoms with Gasteiger partial charge in [0.05, 0.1) is 22.9 Å². The minimum atomic E-state index is -0.0887. The van der Waals surface area contributed by atoms with Crippen molar-refractivity contribution in [2.75, 3.05) is 5.73 Å². The summed E-state index contributed by atoms with van der Waals surface area (Å²) < 4.78 is 1.98. The first-order valence-corrected chi connectivity index (χ1v) is 7.18. The van der Waals surface area contributed by atoms with Gasteiger partial charge in [0.25, 0.3) is 5.91 Å². The number of anilines is 1. The fourth-order valence-electron chi connectivity index (χ4n) is 2.09. The number of aryl methyl sites for hydroxylation is 1. The predicted molar refractivity (Wildman–Crippen MR) is 75.1 cm³/mol. The van der Waals surface area contributed by atoms with E-state index in [-0.39, 0.29) is 5.91 Å². The average molecular weight is 276 g/mol. The monoisotopic (exact) mass is 276 g/mol. The number of hydrogen-bond donors (Lipinski definition) is 2. The van der Waals surface area contributed by atoms with Crippen molar-refractivity contribution in [2.24, 2.45) is 0 Å². The lowest BCUT2D eigenvalue weighted by Gasteiger charge is -2.07. The second kappa shape index (κ2) is 4.70. The number of carbonyl (C=O) groups is 1. The second-order valence-corrected chi connectivity index (χ2v) is 5.90. The molecule has 0 unspecified atom stereocenters. The molecule has 0 spiro atoms. The van der Waals surface area contributed by atoms with Crippen molar-refractivity contribution in [3.05, 3.63) is 34.0 Å². The fourth-order valence-corrected chi connectivity index (χ4v) is 2.70. The lowest BCUT2D eigenvalue weighted by atomic mass is 10.3. The standard InChI is InChI=1S/C13H16N4OS/c1-8-16-10(7-19-8)5-15-13(18)12-4-9(14)6-17(12)11-2-3-11/h4,6-7,11H,2-3,5,14H2,1H3,(H,15,18). The molecule has 0 aliphatic heterocycles. The van der Waals surface area contributed by atoms with Gasteiger partial charge in [-0.3, -0.25) is 4.79 Å². The summed E-state index contributed by atoms with van der Waals surface area (Å²) >= 11 is 1.59. The first kappa shape index (κ1) is 12.2. The molecular weight excluding hydrogens is 260 g/mol. The van der Waals surface area contributed by atoms with Crippen LogP contribution >= 0.6 is 11.3 Å². The van der Waals surface area contributed by atoms with Crippen LogP contribution in [0.4, 0.5) is 5.69 Å². The molecule has 19 heavy (non-hydrogen) atoms. The summed E-state index contributed by atoms with van der Waals surface area (Å²) in [4.78, 5) is 16.5. The van der Waals surface area contributed by atoms with Crippen molar-refractivity contribution >= 4 is 22.9 Å². The Bertz CT molecular complexity index is 612. The molecule has 3 N–H and O–H groups in total. The molecule has 5 nitrogen and oxygen atoms in total. The summed E-state index contributed by atoms with van der Waals surface area (Å²) in [6.45, 7) is 2.41. The molecular formula is C13H16N4OS. The Morgan fingerprint density at radius 3 is 3.05 bits per heavy atom. The van der Waals surface area contributed by atoms with Gasteiger partial charge in [-0.05, 0) is 25.8 Å². The quantitative estimate of drug-likeness (QED) is 0.898. The summed E-state index contributed by atoms with van der Waals surface area (Å²) in [6, 6.07) is 2.18. The number of thiazole rings is 1. The zero-order chi connectivity index (χ0) is 13.4. The number of nitrogens with two attached hydrogens (primary N) is 1. The molecule has 100 valence electrons. The van der Waals surface area contributed by atoms with Gasteiger partial charge in [0.2, 0.25) is 0 Å². The van der Waals surface area contributed by atoms with Gasteiger partial charge in [-0.1, -0.05) is 0 Å². The van der Waals surface area contributed by atoms with Crippen molar-refractivity contribution in [1.82, 2.24) is 14.9 Å². The smallest absolute Gasteiger partial charge is 0.268 e. The van der Waals surface area contributed by atoms with Crippen molar-refractivity contribution in [3.63, 3.8) is 0 Å². The fraction of sp³-hybridized carbons (Fsp3) is 0.385. The van der Waals surface area contributed by atoms with E-state index in [0.717, 1.165) is 23.5 Å². The summed E-state index contributed by atoms with van der Waals surface area (Å²) in [5.74, 6) is -0.0887. The molecule has 0 radical (unpaired) electrons. The first-order chi connectivity index (χ1) is 9.13. The van der Waals surface area contributed by atoms with E-state index in [0.29, 0.717) is 24.0 Å². The molecule has 0 bridgehead atoms. The zero-order valence-electron chi connectivity index (χ0n) is 10.7. The SMILES string of the molecule is Cc1nc(CNC(=O)c2cc(N)cn2C2CC2)cs1. The largest absolute Gasteiger partial charge is 0.397 e. The Morgan fingerprint density at radius 2 is 2.42 bits per heavy atom. The number of nitrogen functional groups attached to an aromatic ring is 1. The van der Waals surface area contributed by atoms with Gasteiger partial charge in [-0.15, -0.1) is 11.3 Å². The Balaban J connectivity index is 1.70. The van der Waals surface area contributed by atoms with Crippen LogP contribution in [0.2, 0.25) is 0 Å². The van der Waals surface area contributed by atoms with Crippen LogP contribution in [0.25, 0.3) is 0 Å². The van der Waals surface area contributed by atoms with Crippen LogP contribution in [-0.2, 0) is 6.54 Å². The summed E-state index contributed by atoms with van der Waals surface area (Å²) in [7, 11) is 0. The minimum absolute atomic E-state index is 0.0887. The summed E-state index contributed by atoms with van der Waals surface area (Å²) in [5.41, 5.74) is 7.96. The molecule has 1 saturated carbocycles. The Hall–Kier alpha value is -1.82. The third-order valence-electron chi connectivity index (χ3n) is 3.14. The number of hydrogen-bond acceptors (Lipinski definition) is 4. The van der Waals surface area contributed by atoms with Crippen LogP contribution in [0, 0.1) is 6.92 Å². The van der Waals surface area contributed by atoms with Gasteiger partial charge in [0.15, 0.2) is 0 Å². The number of amides is 1. The van der Waals surface area contributed by atoms with Gasteiger partial charge < -0.3 is 15.6 Å². The molecule has 0 aromatic carbocycles. The highest BCUT2D eigenvalue weighted by molar-refractivity contribution is 7.09. The molecule has 1 amide bonds. The Labute approximate surface area is 115 Å². The summed E-state index contributed by atoms with van der Waals surface area (Å²) in [5, 5.41) is 5.87. The first-order valence-electron chi connectivity index (χ1n) is 6.30. The third-order valence-corrected chi connectivity index (χ3v) is 3.96. The van der Waals surface area contributed by atoms with E-state index in [2.05, 4.69) is 10.3 Å². The van der Waals surface area contributed by atoms with E-state index >= 15 is 0 Å². The second-order valence-electron chi connectivity index (χ2n) is 4.84. The van der Waals surface area contributed by atoms with Gasteiger partial charge in [0.1, 0.15) is 5.69 Å². The molecule has 0 atom stereocenters. The van der Waals surface area contributed by atoms with Crippen LogP contribution in [-0.4, -0.2) is 15.5 Å². The lowest BCUT2D eigenvalue weighted by Crippen LogP contribution is -2.25. The Kier molecular flexibility index (Phi) is 3.02. The van der Waals surface area contributed by atoms with E-state index in [1.54, 1.807) is 17.4 Å². The highest BCUT2D eigenvalue weighted by Crippen LogP contribution is 2.37. The van der Waals surface area contributed by atoms with Crippen LogP contribution in [0.15, 0.2) is 17.6 Å². The molecule has 1 aliphatic rings. The van der Waals surface area contributed by atoms with E-state index in [1.807, 2.05) is 23.1 Å². The van der Waals surface area contributed by atoms with Crippen LogP contribution < -0.4 is 11.1 Å². The predicted octanol–water partition coefficient (Wildman–Crippen LogP) is 2.10. The van der Waals surface area contributed by atoms with Crippen LogP contribution in [0.5, 0.6) is 0 Å². The van der Waals surface area contributed by atoms with Gasteiger partial charge >= 0.3 is 0 Å². The molecule has 0 saturated heterocycles. The number of aromatic nitrogens is 2. The van der Waals surface area contributed by atoms with E-state index < -0.39 is 0 Å². The molecule has 2 aromatic rings. The van der Waals surface area contributed by atoms with Gasteiger partial charge in [-0.2, -0.15) is 0 Å². The molecule has 1 aliphatic carbocycles. The molecule has 6 heteroatoms. The molecule has 2 heterocycles. The number of nitrogens with one attached hydrogen (secondary N) is 1. The number of carbonyl (C=O) groups excluding carboxylic acids is 1. The maximum Gasteiger partial charge on any atom is 0.268 e.